The molecule has 1 aliphatic rings. The Balaban J connectivity index is 2.33. The van der Waals surface area contributed by atoms with Gasteiger partial charge in [0.05, 0.1) is 7.11 Å². The van der Waals surface area contributed by atoms with Crippen LogP contribution >= 0.6 is 0 Å². The van der Waals surface area contributed by atoms with E-state index >= 15 is 0 Å². The molecular weight excluding hydrogens is 176 g/mol. The van der Waals surface area contributed by atoms with Gasteiger partial charge in [-0.3, -0.25) is 4.79 Å². The van der Waals surface area contributed by atoms with Gasteiger partial charge in [-0.25, -0.2) is 0 Å². The third kappa shape index (κ3) is 1.65. The van der Waals surface area contributed by atoms with Crippen molar-refractivity contribution in [1.29, 1.82) is 0 Å². The summed E-state index contributed by atoms with van der Waals surface area (Å²) in [5, 5.41) is 0. The molecule has 0 aromatic heterocycles. The molecule has 0 unspecified atom stereocenters. The number of rotatable bonds is 3. The molecule has 1 fully saturated rings. The van der Waals surface area contributed by atoms with Gasteiger partial charge in [-0.05, 0) is 42.5 Å². The lowest BCUT2D eigenvalue weighted by Gasteiger charge is -2.26. The number of benzene rings is 1. The predicted molar refractivity (Wildman–Crippen MR) is 55.0 cm³/mol. The minimum Gasteiger partial charge on any atom is -0.497 e. The van der Waals surface area contributed by atoms with Gasteiger partial charge in [0.2, 0.25) is 0 Å². The Labute approximate surface area is 83.9 Å². The van der Waals surface area contributed by atoms with E-state index in [-0.39, 0.29) is 0 Å². The van der Waals surface area contributed by atoms with Gasteiger partial charge in [0.1, 0.15) is 12.0 Å². The van der Waals surface area contributed by atoms with Crippen molar-refractivity contribution in [3.05, 3.63) is 29.3 Å². The van der Waals surface area contributed by atoms with Crippen molar-refractivity contribution in [2.75, 3.05) is 7.11 Å². The van der Waals surface area contributed by atoms with E-state index in [2.05, 4.69) is 0 Å². The third-order valence-corrected chi connectivity index (χ3v) is 2.90. The van der Waals surface area contributed by atoms with Gasteiger partial charge in [0, 0.05) is 5.56 Å². The zero-order valence-corrected chi connectivity index (χ0v) is 8.32. The second-order valence-electron chi connectivity index (χ2n) is 3.79. The van der Waals surface area contributed by atoms with Gasteiger partial charge in [0.15, 0.2) is 0 Å². The van der Waals surface area contributed by atoms with Crippen molar-refractivity contribution in [3.63, 3.8) is 0 Å². The zero-order valence-electron chi connectivity index (χ0n) is 8.32. The van der Waals surface area contributed by atoms with E-state index in [1.165, 1.54) is 24.8 Å². The second kappa shape index (κ2) is 3.82. The average molecular weight is 190 g/mol. The van der Waals surface area contributed by atoms with Gasteiger partial charge in [-0.1, -0.05) is 6.42 Å². The van der Waals surface area contributed by atoms with Crippen molar-refractivity contribution < 1.29 is 9.53 Å². The van der Waals surface area contributed by atoms with Gasteiger partial charge in [-0.2, -0.15) is 0 Å². The Morgan fingerprint density at radius 3 is 2.64 bits per heavy atom. The molecule has 0 bridgehead atoms. The number of hydrogen-bond acceptors (Lipinski definition) is 2. The minimum atomic E-state index is 0.642. The van der Waals surface area contributed by atoms with Crippen LogP contribution in [0, 0.1) is 0 Å². The molecule has 0 spiro atoms. The molecule has 74 valence electrons. The number of carbonyl (C=O) groups is 1. The Kier molecular flexibility index (Phi) is 2.53. The summed E-state index contributed by atoms with van der Waals surface area (Å²) >= 11 is 0. The highest BCUT2D eigenvalue weighted by atomic mass is 16.5. The smallest absolute Gasteiger partial charge is 0.150 e. The van der Waals surface area contributed by atoms with E-state index in [1.54, 1.807) is 13.2 Å². The Hall–Kier alpha value is -1.31. The van der Waals surface area contributed by atoms with Crippen LogP contribution in [0.4, 0.5) is 0 Å². The lowest BCUT2D eigenvalue weighted by Crippen LogP contribution is -2.09. The molecule has 0 amide bonds. The highest BCUT2D eigenvalue weighted by Gasteiger charge is 2.20. The Morgan fingerprint density at radius 2 is 2.14 bits per heavy atom. The van der Waals surface area contributed by atoms with Gasteiger partial charge in [-0.15, -0.1) is 0 Å². The molecule has 0 atom stereocenters. The maximum absolute atomic E-state index is 10.7. The molecule has 14 heavy (non-hydrogen) atoms. The van der Waals surface area contributed by atoms with E-state index in [0.29, 0.717) is 11.5 Å². The zero-order chi connectivity index (χ0) is 9.97. The van der Waals surface area contributed by atoms with Crippen LogP contribution in [0.25, 0.3) is 0 Å². The Bertz CT molecular complexity index is 340. The van der Waals surface area contributed by atoms with Crippen LogP contribution in [0.3, 0.4) is 0 Å². The number of carbonyl (C=O) groups excluding carboxylic acids is 1. The molecule has 2 nitrogen and oxygen atoms in total. The van der Waals surface area contributed by atoms with Crippen LogP contribution in [0.5, 0.6) is 5.75 Å². The highest BCUT2D eigenvalue weighted by Crippen LogP contribution is 2.37. The lowest BCUT2D eigenvalue weighted by atomic mass is 9.79. The predicted octanol–water partition coefficient (Wildman–Crippen LogP) is 2.78. The SMILES string of the molecule is COc1cc(C=O)cc(C2CCC2)c1. The van der Waals surface area contributed by atoms with Gasteiger partial charge >= 0.3 is 0 Å². The van der Waals surface area contributed by atoms with E-state index in [0.717, 1.165) is 12.0 Å². The molecule has 1 aromatic carbocycles. The molecule has 1 aliphatic carbocycles. The molecule has 2 rings (SSSR count). The average Bonchev–Trinajstić information content (AvgIpc) is 2.14. The number of aldehydes is 1. The summed E-state index contributed by atoms with van der Waals surface area (Å²) in [5.74, 6) is 1.43. The topological polar surface area (TPSA) is 26.3 Å². The monoisotopic (exact) mass is 190 g/mol. The maximum Gasteiger partial charge on any atom is 0.150 e. The Morgan fingerprint density at radius 1 is 1.36 bits per heavy atom. The first-order valence-corrected chi connectivity index (χ1v) is 4.97. The molecule has 0 aliphatic heterocycles. The number of hydrogen-bond donors (Lipinski definition) is 0. The van der Waals surface area contributed by atoms with E-state index in [1.807, 2.05) is 12.1 Å². The van der Waals surface area contributed by atoms with Gasteiger partial charge < -0.3 is 4.74 Å². The lowest BCUT2D eigenvalue weighted by molar-refractivity contribution is 0.112. The largest absolute Gasteiger partial charge is 0.497 e. The molecular formula is C12H14O2. The molecule has 0 saturated heterocycles. The first kappa shape index (κ1) is 9.25. The molecule has 1 saturated carbocycles. The molecule has 2 heteroatoms. The summed E-state index contributed by atoms with van der Waals surface area (Å²) in [6.07, 6.45) is 4.67. The van der Waals surface area contributed by atoms with Crippen LogP contribution in [0.15, 0.2) is 18.2 Å². The number of ether oxygens (including phenoxy) is 1. The van der Waals surface area contributed by atoms with Crippen LogP contribution in [0.2, 0.25) is 0 Å². The first-order valence-electron chi connectivity index (χ1n) is 4.97. The summed E-state index contributed by atoms with van der Waals surface area (Å²) < 4.78 is 5.16. The van der Waals surface area contributed by atoms with Crippen molar-refractivity contribution >= 4 is 6.29 Å². The van der Waals surface area contributed by atoms with Crippen molar-refractivity contribution in [2.24, 2.45) is 0 Å². The third-order valence-electron chi connectivity index (χ3n) is 2.90. The fourth-order valence-corrected chi connectivity index (χ4v) is 1.81. The van der Waals surface area contributed by atoms with Crippen LogP contribution in [-0.2, 0) is 0 Å². The summed E-state index contributed by atoms with van der Waals surface area (Å²) in [7, 11) is 1.63. The van der Waals surface area contributed by atoms with Crippen LogP contribution in [0.1, 0.15) is 41.1 Å². The minimum absolute atomic E-state index is 0.642. The first-order chi connectivity index (χ1) is 6.83. The van der Waals surface area contributed by atoms with E-state index in [9.17, 15) is 4.79 Å². The molecule has 0 N–H and O–H groups in total. The van der Waals surface area contributed by atoms with Crippen LogP contribution in [-0.4, -0.2) is 13.4 Å². The summed E-state index contributed by atoms with van der Waals surface area (Å²) in [5.41, 5.74) is 1.96. The van der Waals surface area contributed by atoms with Gasteiger partial charge in [0.25, 0.3) is 0 Å². The van der Waals surface area contributed by atoms with Crippen molar-refractivity contribution in [1.82, 2.24) is 0 Å². The maximum atomic E-state index is 10.7. The highest BCUT2D eigenvalue weighted by molar-refractivity contribution is 5.76. The molecule has 0 radical (unpaired) electrons. The second-order valence-corrected chi connectivity index (χ2v) is 3.79. The van der Waals surface area contributed by atoms with Crippen LogP contribution < -0.4 is 4.74 Å². The molecule has 1 aromatic rings. The fraction of sp³-hybridized carbons (Fsp3) is 0.417. The quantitative estimate of drug-likeness (QED) is 0.685. The van der Waals surface area contributed by atoms with E-state index in [4.69, 9.17) is 4.74 Å². The standard InChI is InChI=1S/C12H14O2/c1-14-12-6-9(8-13)5-11(7-12)10-3-2-4-10/h5-8,10H,2-4H2,1H3. The molecule has 0 heterocycles. The fourth-order valence-electron chi connectivity index (χ4n) is 1.81. The summed E-state index contributed by atoms with van der Waals surface area (Å²) in [6.45, 7) is 0. The van der Waals surface area contributed by atoms with Crippen molar-refractivity contribution in [3.8, 4) is 5.75 Å². The van der Waals surface area contributed by atoms with E-state index < -0.39 is 0 Å². The summed E-state index contributed by atoms with van der Waals surface area (Å²) in [6, 6.07) is 5.78. The normalized spacial score (nSPS) is 16.1. The number of methoxy groups -OCH3 is 1. The summed E-state index contributed by atoms with van der Waals surface area (Å²) in [4.78, 5) is 10.7. The van der Waals surface area contributed by atoms with Crippen molar-refractivity contribution in [2.45, 2.75) is 25.2 Å².